The maximum atomic E-state index is 8.43. The monoisotopic (exact) mass is 206 g/mol. The summed E-state index contributed by atoms with van der Waals surface area (Å²) in [4.78, 5) is 0. The Morgan fingerprint density at radius 2 is 2.29 bits per heavy atom. The van der Waals surface area contributed by atoms with E-state index in [1.54, 1.807) is 11.3 Å². The lowest BCUT2D eigenvalue weighted by atomic mass is 10.1. The van der Waals surface area contributed by atoms with Crippen LogP contribution < -0.4 is 5.73 Å². The third kappa shape index (κ3) is 1.70. The van der Waals surface area contributed by atoms with Crippen LogP contribution in [0.15, 0.2) is 34.8 Å². The molecule has 0 bridgehead atoms. The topological polar surface area (TPSA) is 58.6 Å². The van der Waals surface area contributed by atoms with Crippen LogP contribution in [0.1, 0.15) is 5.56 Å². The standard InChI is InChI=1S/C10H10N2OS/c11-10(12-13)6-7-1-2-9-8(5-7)3-4-14-9/h1-5,13H,6H2,(H2,11,12). The number of oxime groups is 1. The van der Waals surface area contributed by atoms with Gasteiger partial charge in [-0.25, -0.2) is 0 Å². The lowest BCUT2D eigenvalue weighted by molar-refractivity contribution is 0.317. The Kier molecular flexibility index (Phi) is 2.37. The van der Waals surface area contributed by atoms with Gasteiger partial charge in [0.15, 0.2) is 0 Å². The van der Waals surface area contributed by atoms with Crippen molar-refractivity contribution < 1.29 is 5.21 Å². The molecule has 1 aromatic heterocycles. The van der Waals surface area contributed by atoms with Crippen LogP contribution >= 0.6 is 11.3 Å². The second kappa shape index (κ2) is 3.67. The van der Waals surface area contributed by atoms with Gasteiger partial charge in [-0.3, -0.25) is 0 Å². The normalized spacial score (nSPS) is 12.1. The molecular weight excluding hydrogens is 196 g/mol. The highest BCUT2D eigenvalue weighted by Gasteiger charge is 1.99. The van der Waals surface area contributed by atoms with Crippen LogP contribution in [0.4, 0.5) is 0 Å². The Morgan fingerprint density at radius 3 is 3.07 bits per heavy atom. The lowest BCUT2D eigenvalue weighted by Crippen LogP contribution is -2.14. The van der Waals surface area contributed by atoms with E-state index in [1.165, 1.54) is 10.1 Å². The van der Waals surface area contributed by atoms with Crippen LogP contribution in [0.5, 0.6) is 0 Å². The number of hydrogen-bond donors (Lipinski definition) is 2. The summed E-state index contributed by atoms with van der Waals surface area (Å²) in [5.41, 5.74) is 6.49. The van der Waals surface area contributed by atoms with Crippen molar-refractivity contribution in [1.29, 1.82) is 0 Å². The molecule has 0 aliphatic rings. The zero-order valence-corrected chi connectivity index (χ0v) is 8.29. The Balaban J connectivity index is 2.34. The molecule has 3 nitrogen and oxygen atoms in total. The number of nitrogens with two attached hydrogens (primary N) is 1. The van der Waals surface area contributed by atoms with E-state index < -0.39 is 0 Å². The Hall–Kier alpha value is -1.55. The molecular formula is C10H10N2OS. The number of amidine groups is 1. The first-order valence-electron chi connectivity index (χ1n) is 4.22. The van der Waals surface area contributed by atoms with Crippen molar-refractivity contribution in [2.75, 3.05) is 0 Å². The van der Waals surface area contributed by atoms with Gasteiger partial charge in [0.05, 0.1) is 0 Å². The van der Waals surface area contributed by atoms with Gasteiger partial charge < -0.3 is 10.9 Å². The van der Waals surface area contributed by atoms with Gasteiger partial charge in [0.25, 0.3) is 0 Å². The molecule has 0 radical (unpaired) electrons. The summed E-state index contributed by atoms with van der Waals surface area (Å²) in [5.74, 6) is 0.236. The lowest BCUT2D eigenvalue weighted by Gasteiger charge is -1.99. The van der Waals surface area contributed by atoms with Gasteiger partial charge in [-0.1, -0.05) is 11.2 Å². The van der Waals surface area contributed by atoms with Crippen molar-refractivity contribution >= 4 is 27.3 Å². The average molecular weight is 206 g/mol. The van der Waals surface area contributed by atoms with E-state index in [0.29, 0.717) is 6.42 Å². The van der Waals surface area contributed by atoms with Crippen molar-refractivity contribution in [3.8, 4) is 0 Å². The average Bonchev–Trinajstić information content (AvgIpc) is 2.64. The van der Waals surface area contributed by atoms with Crippen LogP contribution in [0.25, 0.3) is 10.1 Å². The van der Waals surface area contributed by atoms with Crippen LogP contribution in [0.3, 0.4) is 0 Å². The summed E-state index contributed by atoms with van der Waals surface area (Å²) < 4.78 is 1.26. The second-order valence-electron chi connectivity index (χ2n) is 3.06. The summed E-state index contributed by atoms with van der Waals surface area (Å²) in [6.45, 7) is 0. The minimum absolute atomic E-state index is 0.236. The molecule has 0 unspecified atom stereocenters. The number of fused-ring (bicyclic) bond motifs is 1. The Bertz CT molecular complexity index is 476. The van der Waals surface area contributed by atoms with Gasteiger partial charge in [0.1, 0.15) is 5.84 Å². The van der Waals surface area contributed by atoms with Crippen LogP contribution in [0, 0.1) is 0 Å². The molecule has 2 rings (SSSR count). The van der Waals surface area contributed by atoms with Gasteiger partial charge >= 0.3 is 0 Å². The third-order valence-corrected chi connectivity index (χ3v) is 2.93. The fourth-order valence-corrected chi connectivity index (χ4v) is 2.14. The Labute approximate surface area is 85.5 Å². The maximum Gasteiger partial charge on any atom is 0.143 e. The molecule has 0 fully saturated rings. The highest BCUT2D eigenvalue weighted by molar-refractivity contribution is 7.17. The smallest absolute Gasteiger partial charge is 0.143 e. The quantitative estimate of drug-likeness (QED) is 0.342. The molecule has 0 aliphatic heterocycles. The summed E-state index contributed by atoms with van der Waals surface area (Å²) in [6.07, 6.45) is 0.488. The molecule has 1 heterocycles. The predicted molar refractivity (Wildman–Crippen MR) is 58.9 cm³/mol. The number of nitrogens with zero attached hydrogens (tertiary/aromatic N) is 1. The molecule has 4 heteroatoms. The zero-order valence-electron chi connectivity index (χ0n) is 7.47. The SMILES string of the molecule is N/C(Cc1ccc2sccc2c1)=N\O. The highest BCUT2D eigenvalue weighted by Crippen LogP contribution is 2.21. The largest absolute Gasteiger partial charge is 0.409 e. The molecule has 0 saturated heterocycles. The van der Waals surface area contributed by atoms with E-state index in [-0.39, 0.29) is 5.84 Å². The molecule has 0 aliphatic carbocycles. The molecule has 0 saturated carbocycles. The Morgan fingerprint density at radius 1 is 1.43 bits per heavy atom. The predicted octanol–water partition coefficient (Wildman–Crippen LogP) is 2.19. The first-order valence-corrected chi connectivity index (χ1v) is 5.10. The van der Waals surface area contributed by atoms with Gasteiger partial charge in [0, 0.05) is 11.1 Å². The van der Waals surface area contributed by atoms with E-state index in [1.807, 2.05) is 6.07 Å². The van der Waals surface area contributed by atoms with Crippen LogP contribution in [-0.4, -0.2) is 11.0 Å². The second-order valence-corrected chi connectivity index (χ2v) is 4.01. The zero-order chi connectivity index (χ0) is 9.97. The number of rotatable bonds is 2. The van der Waals surface area contributed by atoms with Crippen molar-refractivity contribution in [3.05, 3.63) is 35.2 Å². The molecule has 0 atom stereocenters. The number of thiophene rings is 1. The van der Waals surface area contributed by atoms with Gasteiger partial charge in [-0.15, -0.1) is 11.3 Å². The van der Waals surface area contributed by atoms with Crippen molar-refractivity contribution in [2.45, 2.75) is 6.42 Å². The number of benzene rings is 1. The van der Waals surface area contributed by atoms with Gasteiger partial charge in [-0.05, 0) is 34.5 Å². The highest BCUT2D eigenvalue weighted by atomic mass is 32.1. The van der Waals surface area contributed by atoms with E-state index in [2.05, 4.69) is 28.7 Å². The van der Waals surface area contributed by atoms with Crippen molar-refractivity contribution in [3.63, 3.8) is 0 Å². The first-order chi connectivity index (χ1) is 6.79. The molecule has 1 aromatic carbocycles. The first kappa shape index (κ1) is 9.02. The van der Waals surface area contributed by atoms with E-state index >= 15 is 0 Å². The summed E-state index contributed by atoms with van der Waals surface area (Å²) in [7, 11) is 0. The summed E-state index contributed by atoms with van der Waals surface area (Å²) >= 11 is 1.71. The van der Waals surface area contributed by atoms with Gasteiger partial charge in [-0.2, -0.15) is 0 Å². The minimum atomic E-state index is 0.236. The summed E-state index contributed by atoms with van der Waals surface area (Å²) in [6, 6.07) is 8.18. The van der Waals surface area contributed by atoms with E-state index in [4.69, 9.17) is 10.9 Å². The van der Waals surface area contributed by atoms with E-state index in [0.717, 1.165) is 5.56 Å². The van der Waals surface area contributed by atoms with Crippen LogP contribution in [0.2, 0.25) is 0 Å². The van der Waals surface area contributed by atoms with Crippen molar-refractivity contribution in [1.82, 2.24) is 0 Å². The fraction of sp³-hybridized carbons (Fsp3) is 0.100. The van der Waals surface area contributed by atoms with Crippen LogP contribution in [-0.2, 0) is 6.42 Å². The van der Waals surface area contributed by atoms with E-state index in [9.17, 15) is 0 Å². The molecule has 0 amide bonds. The molecule has 0 spiro atoms. The summed E-state index contributed by atoms with van der Waals surface area (Å²) in [5, 5.41) is 14.6. The fourth-order valence-electron chi connectivity index (χ4n) is 1.37. The maximum absolute atomic E-state index is 8.43. The molecule has 72 valence electrons. The molecule has 2 aromatic rings. The third-order valence-electron chi connectivity index (χ3n) is 2.03. The molecule has 14 heavy (non-hydrogen) atoms. The molecule has 3 N–H and O–H groups in total. The van der Waals surface area contributed by atoms with Gasteiger partial charge in [0.2, 0.25) is 0 Å². The minimum Gasteiger partial charge on any atom is -0.409 e. The number of hydrogen-bond acceptors (Lipinski definition) is 3. The van der Waals surface area contributed by atoms with Crippen molar-refractivity contribution in [2.24, 2.45) is 10.9 Å².